The summed E-state index contributed by atoms with van der Waals surface area (Å²) in [5.74, 6) is -0.476. The Bertz CT molecular complexity index is 725. The van der Waals surface area contributed by atoms with Crippen molar-refractivity contribution in [1.29, 1.82) is 0 Å². The maximum atomic E-state index is 14.0. The Labute approximate surface area is 134 Å². The number of phenolic OH excluding ortho intramolecular Hbond substituents is 1. The van der Waals surface area contributed by atoms with Crippen molar-refractivity contribution < 1.29 is 14.3 Å². The van der Waals surface area contributed by atoms with Crippen LogP contribution in [0.2, 0.25) is 0 Å². The van der Waals surface area contributed by atoms with E-state index >= 15 is 0 Å². The standard InChI is InChI=1S/C18H19FN2O2/c1-13(22)18-14(19)5-4-7-16(18)21-11-9-20(10-12-21)15-6-2-3-8-17(15)23/h2-8,23H,9-12H2,1H3. The van der Waals surface area contributed by atoms with Crippen molar-refractivity contribution >= 4 is 17.2 Å². The van der Waals surface area contributed by atoms with Crippen LogP contribution in [0, 0.1) is 5.82 Å². The SMILES string of the molecule is CC(=O)c1c(F)cccc1N1CCN(c2ccccc2O)CC1. The van der Waals surface area contributed by atoms with Crippen LogP contribution >= 0.6 is 0 Å². The lowest BCUT2D eigenvalue weighted by atomic mass is 10.1. The number of Topliss-reactive ketones (excluding diaryl/α,β-unsaturated/α-hetero) is 1. The topological polar surface area (TPSA) is 43.8 Å². The molecule has 1 fully saturated rings. The molecule has 23 heavy (non-hydrogen) atoms. The number of aromatic hydroxyl groups is 1. The molecule has 1 aliphatic rings. The number of anilines is 2. The number of carbonyl (C=O) groups is 1. The minimum absolute atomic E-state index is 0.156. The molecule has 0 aromatic heterocycles. The molecule has 2 aromatic rings. The average Bonchev–Trinajstić information content (AvgIpc) is 2.55. The van der Waals surface area contributed by atoms with Crippen LogP contribution in [-0.4, -0.2) is 37.1 Å². The first-order valence-electron chi connectivity index (χ1n) is 7.65. The van der Waals surface area contributed by atoms with Crippen LogP contribution in [-0.2, 0) is 0 Å². The highest BCUT2D eigenvalue weighted by Gasteiger charge is 2.23. The molecule has 120 valence electrons. The molecular formula is C18H19FN2O2. The Morgan fingerprint density at radius 1 is 0.957 bits per heavy atom. The first-order chi connectivity index (χ1) is 11.1. The van der Waals surface area contributed by atoms with Gasteiger partial charge in [0.25, 0.3) is 0 Å². The van der Waals surface area contributed by atoms with Gasteiger partial charge in [-0.2, -0.15) is 0 Å². The van der Waals surface area contributed by atoms with Gasteiger partial charge in [-0.3, -0.25) is 4.79 Å². The number of hydrogen-bond acceptors (Lipinski definition) is 4. The zero-order valence-electron chi connectivity index (χ0n) is 13.0. The van der Waals surface area contributed by atoms with Crippen LogP contribution in [0.3, 0.4) is 0 Å². The Morgan fingerprint density at radius 3 is 2.13 bits per heavy atom. The molecule has 0 bridgehead atoms. The van der Waals surface area contributed by atoms with E-state index in [0.717, 1.165) is 5.69 Å². The third kappa shape index (κ3) is 2.99. The Morgan fingerprint density at radius 2 is 1.52 bits per heavy atom. The van der Waals surface area contributed by atoms with Crippen molar-refractivity contribution in [2.75, 3.05) is 36.0 Å². The van der Waals surface area contributed by atoms with Gasteiger partial charge in [0.2, 0.25) is 0 Å². The number of piperazine rings is 1. The molecule has 0 saturated carbocycles. The summed E-state index contributed by atoms with van der Waals surface area (Å²) in [6.45, 7) is 4.12. The Balaban J connectivity index is 1.79. The van der Waals surface area contributed by atoms with Crippen molar-refractivity contribution in [2.24, 2.45) is 0 Å². The lowest BCUT2D eigenvalue weighted by Crippen LogP contribution is -2.47. The molecule has 3 rings (SSSR count). The van der Waals surface area contributed by atoms with Crippen LogP contribution < -0.4 is 9.80 Å². The summed E-state index contributed by atoms with van der Waals surface area (Å²) in [6, 6.07) is 12.0. The molecule has 4 nitrogen and oxygen atoms in total. The van der Waals surface area contributed by atoms with E-state index in [1.54, 1.807) is 24.3 Å². The Hall–Kier alpha value is -2.56. The fraction of sp³-hybridized carbons (Fsp3) is 0.278. The fourth-order valence-corrected chi connectivity index (χ4v) is 3.04. The van der Waals surface area contributed by atoms with Crippen molar-refractivity contribution in [3.8, 4) is 5.75 Å². The van der Waals surface area contributed by atoms with Gasteiger partial charge < -0.3 is 14.9 Å². The third-order valence-corrected chi connectivity index (χ3v) is 4.19. The predicted molar refractivity (Wildman–Crippen MR) is 88.9 cm³/mol. The fourth-order valence-electron chi connectivity index (χ4n) is 3.04. The van der Waals surface area contributed by atoms with Gasteiger partial charge in [-0.1, -0.05) is 18.2 Å². The van der Waals surface area contributed by atoms with Crippen molar-refractivity contribution in [3.05, 3.63) is 53.8 Å². The van der Waals surface area contributed by atoms with E-state index in [1.165, 1.54) is 13.0 Å². The quantitative estimate of drug-likeness (QED) is 0.884. The second-order valence-electron chi connectivity index (χ2n) is 5.65. The van der Waals surface area contributed by atoms with E-state index < -0.39 is 5.82 Å². The number of ketones is 1. The minimum Gasteiger partial charge on any atom is -0.506 e. The number of rotatable bonds is 3. The first-order valence-corrected chi connectivity index (χ1v) is 7.65. The van der Waals surface area contributed by atoms with Gasteiger partial charge in [-0.25, -0.2) is 4.39 Å². The lowest BCUT2D eigenvalue weighted by molar-refractivity contribution is 0.101. The van der Waals surface area contributed by atoms with Gasteiger partial charge in [-0.15, -0.1) is 0 Å². The predicted octanol–water partition coefficient (Wildman–Crippen LogP) is 3.06. The molecule has 1 heterocycles. The summed E-state index contributed by atoms with van der Waals surface area (Å²) in [5, 5.41) is 9.95. The second-order valence-corrected chi connectivity index (χ2v) is 5.65. The first kappa shape index (κ1) is 15.3. The summed E-state index contributed by atoms with van der Waals surface area (Å²) in [7, 11) is 0. The molecule has 5 heteroatoms. The van der Waals surface area contributed by atoms with Crippen LogP contribution in [0.4, 0.5) is 15.8 Å². The summed E-state index contributed by atoms with van der Waals surface area (Å²) in [4.78, 5) is 15.9. The molecule has 1 saturated heterocycles. The van der Waals surface area contributed by atoms with Gasteiger partial charge >= 0.3 is 0 Å². The highest BCUT2D eigenvalue weighted by atomic mass is 19.1. The van der Waals surface area contributed by atoms with Gasteiger partial charge in [0, 0.05) is 26.2 Å². The van der Waals surface area contributed by atoms with E-state index in [1.807, 2.05) is 17.0 Å². The van der Waals surface area contributed by atoms with Crippen LogP contribution in [0.25, 0.3) is 0 Å². The number of carbonyl (C=O) groups excluding carboxylic acids is 1. The largest absolute Gasteiger partial charge is 0.506 e. The van der Waals surface area contributed by atoms with E-state index in [2.05, 4.69) is 4.90 Å². The molecule has 0 unspecified atom stereocenters. The highest BCUT2D eigenvalue weighted by molar-refractivity contribution is 6.00. The van der Waals surface area contributed by atoms with E-state index in [4.69, 9.17) is 0 Å². The van der Waals surface area contributed by atoms with Crippen LogP contribution in [0.15, 0.2) is 42.5 Å². The second kappa shape index (κ2) is 6.28. The highest BCUT2D eigenvalue weighted by Crippen LogP contribution is 2.29. The lowest BCUT2D eigenvalue weighted by Gasteiger charge is -2.38. The number of benzene rings is 2. The average molecular weight is 314 g/mol. The van der Waals surface area contributed by atoms with Gasteiger partial charge in [0.05, 0.1) is 16.9 Å². The maximum absolute atomic E-state index is 14.0. The van der Waals surface area contributed by atoms with Gasteiger partial charge in [0.15, 0.2) is 5.78 Å². The molecule has 0 aliphatic carbocycles. The molecule has 0 amide bonds. The number of nitrogens with zero attached hydrogens (tertiary/aromatic N) is 2. The van der Waals surface area contributed by atoms with Gasteiger partial charge in [0.1, 0.15) is 11.6 Å². The van der Waals surface area contributed by atoms with Crippen molar-refractivity contribution in [2.45, 2.75) is 6.92 Å². The summed E-state index contributed by atoms with van der Waals surface area (Å²) < 4.78 is 14.0. The molecule has 1 aliphatic heterocycles. The summed E-state index contributed by atoms with van der Waals surface area (Å²) in [5.41, 5.74) is 1.61. The smallest absolute Gasteiger partial charge is 0.164 e. The minimum atomic E-state index is -0.474. The van der Waals surface area contributed by atoms with E-state index in [-0.39, 0.29) is 17.1 Å². The molecule has 0 atom stereocenters. The molecule has 1 N–H and O–H groups in total. The molecule has 0 radical (unpaired) electrons. The molecular weight excluding hydrogens is 295 g/mol. The summed E-state index contributed by atoms with van der Waals surface area (Å²) in [6.07, 6.45) is 0. The maximum Gasteiger partial charge on any atom is 0.164 e. The monoisotopic (exact) mass is 314 g/mol. The van der Waals surface area contributed by atoms with Crippen LogP contribution in [0.5, 0.6) is 5.75 Å². The molecule has 2 aromatic carbocycles. The number of hydrogen-bond donors (Lipinski definition) is 1. The van der Waals surface area contributed by atoms with E-state index in [9.17, 15) is 14.3 Å². The zero-order chi connectivity index (χ0) is 16.4. The summed E-state index contributed by atoms with van der Waals surface area (Å²) >= 11 is 0. The van der Waals surface area contributed by atoms with Crippen molar-refractivity contribution in [1.82, 2.24) is 0 Å². The number of para-hydroxylation sites is 2. The molecule has 0 spiro atoms. The zero-order valence-corrected chi connectivity index (χ0v) is 13.0. The number of halogens is 1. The van der Waals surface area contributed by atoms with E-state index in [0.29, 0.717) is 31.9 Å². The normalized spacial score (nSPS) is 14.9. The Kier molecular flexibility index (Phi) is 4.19. The third-order valence-electron chi connectivity index (χ3n) is 4.19. The number of phenols is 1. The van der Waals surface area contributed by atoms with Crippen LogP contribution in [0.1, 0.15) is 17.3 Å². The van der Waals surface area contributed by atoms with Gasteiger partial charge in [-0.05, 0) is 31.2 Å². The van der Waals surface area contributed by atoms with Crippen molar-refractivity contribution in [3.63, 3.8) is 0 Å².